The zero-order valence-corrected chi connectivity index (χ0v) is 18.1. The van der Waals surface area contributed by atoms with E-state index in [-0.39, 0.29) is 12.0 Å². The topological polar surface area (TPSA) is 41.6 Å². The minimum Gasteiger partial charge on any atom is -0.374 e. The molecule has 150 valence electrons. The lowest BCUT2D eigenvalue weighted by Gasteiger charge is -2.33. The molecule has 28 heavy (non-hydrogen) atoms. The fourth-order valence-electron chi connectivity index (χ4n) is 3.20. The minimum atomic E-state index is -0.0157. The van der Waals surface area contributed by atoms with Crippen molar-refractivity contribution in [2.45, 2.75) is 24.0 Å². The maximum absolute atomic E-state index is 12.3. The maximum Gasteiger partial charge on any atom is 0.224 e. The number of benzene rings is 2. The number of halogens is 2. The monoisotopic (exact) mass is 438 g/mol. The molecule has 2 aromatic rings. The lowest BCUT2D eigenvalue weighted by atomic mass is 10.1. The largest absolute Gasteiger partial charge is 0.374 e. The second-order valence-electron chi connectivity index (χ2n) is 6.81. The van der Waals surface area contributed by atoms with Gasteiger partial charge in [0, 0.05) is 31.1 Å². The van der Waals surface area contributed by atoms with Crippen LogP contribution in [0.4, 0.5) is 0 Å². The smallest absolute Gasteiger partial charge is 0.224 e. The van der Waals surface area contributed by atoms with Gasteiger partial charge in [-0.1, -0.05) is 41.4 Å². The maximum atomic E-state index is 12.3. The molecule has 0 aromatic heterocycles. The Morgan fingerprint density at radius 3 is 2.86 bits per heavy atom. The van der Waals surface area contributed by atoms with Crippen LogP contribution in [0.3, 0.4) is 0 Å². The van der Waals surface area contributed by atoms with E-state index in [1.165, 1.54) is 4.90 Å². The number of carbonyl (C=O) groups is 1. The van der Waals surface area contributed by atoms with Crippen LogP contribution in [0, 0.1) is 0 Å². The molecule has 0 aliphatic carbocycles. The van der Waals surface area contributed by atoms with Crippen LogP contribution < -0.4 is 5.32 Å². The van der Waals surface area contributed by atoms with Crippen molar-refractivity contribution in [1.29, 1.82) is 0 Å². The number of nitrogens with one attached hydrogen (secondary N) is 1. The van der Waals surface area contributed by atoms with E-state index >= 15 is 0 Å². The first-order chi connectivity index (χ1) is 13.5. The Morgan fingerprint density at radius 2 is 2.07 bits per heavy atom. The summed E-state index contributed by atoms with van der Waals surface area (Å²) >= 11 is 13.8. The van der Waals surface area contributed by atoms with E-state index in [0.29, 0.717) is 29.6 Å². The summed E-state index contributed by atoms with van der Waals surface area (Å²) in [5, 5.41) is 4.14. The Hall–Kier alpha value is -1.24. The molecule has 3 rings (SSSR count). The number of morpholine rings is 1. The molecule has 0 saturated carbocycles. The number of ether oxygens (including phenoxy) is 1. The van der Waals surface area contributed by atoms with Crippen LogP contribution in [0.1, 0.15) is 11.1 Å². The molecule has 1 aliphatic rings. The first kappa shape index (κ1) is 21.5. The molecule has 1 saturated heterocycles. The molecular formula is C21H24Cl2N2O2S. The van der Waals surface area contributed by atoms with E-state index in [1.807, 2.05) is 42.7 Å². The number of amides is 1. The lowest BCUT2D eigenvalue weighted by molar-refractivity contribution is -0.121. The Balaban J connectivity index is 1.46. The van der Waals surface area contributed by atoms with Gasteiger partial charge in [0.15, 0.2) is 0 Å². The molecule has 4 nitrogen and oxygen atoms in total. The van der Waals surface area contributed by atoms with Gasteiger partial charge in [-0.05, 0) is 41.6 Å². The van der Waals surface area contributed by atoms with Crippen molar-refractivity contribution in [3.63, 3.8) is 0 Å². The molecule has 0 spiro atoms. The summed E-state index contributed by atoms with van der Waals surface area (Å²) in [5.41, 5.74) is 2.14. The van der Waals surface area contributed by atoms with Crippen molar-refractivity contribution in [2.24, 2.45) is 0 Å². The van der Waals surface area contributed by atoms with Crippen LogP contribution >= 0.6 is 35.0 Å². The molecule has 1 heterocycles. The molecule has 2 aromatic carbocycles. The molecule has 7 heteroatoms. The molecule has 1 amide bonds. The molecule has 1 aliphatic heterocycles. The van der Waals surface area contributed by atoms with Crippen LogP contribution in [0.25, 0.3) is 0 Å². The van der Waals surface area contributed by atoms with E-state index in [2.05, 4.69) is 16.3 Å². The quantitative estimate of drug-likeness (QED) is 0.655. The van der Waals surface area contributed by atoms with Crippen molar-refractivity contribution >= 4 is 40.9 Å². The van der Waals surface area contributed by atoms with E-state index in [0.717, 1.165) is 30.8 Å². The predicted octanol–water partition coefficient (Wildman–Crippen LogP) is 4.28. The van der Waals surface area contributed by atoms with Crippen molar-refractivity contribution < 1.29 is 9.53 Å². The van der Waals surface area contributed by atoms with Crippen LogP contribution in [0.5, 0.6) is 0 Å². The average Bonchev–Trinajstić information content (AvgIpc) is 2.70. The van der Waals surface area contributed by atoms with Gasteiger partial charge in [0.1, 0.15) is 0 Å². The van der Waals surface area contributed by atoms with Crippen LogP contribution in [-0.2, 0) is 22.5 Å². The third-order valence-corrected chi connectivity index (χ3v) is 6.10. The Morgan fingerprint density at radius 1 is 1.21 bits per heavy atom. The Kier molecular flexibility index (Phi) is 8.06. The first-order valence-electron chi connectivity index (χ1n) is 9.21. The molecule has 1 fully saturated rings. The van der Waals surface area contributed by atoms with Crippen LogP contribution in [0.15, 0.2) is 47.4 Å². The fraction of sp³-hybridized carbons (Fsp3) is 0.381. The molecule has 0 radical (unpaired) electrons. The number of nitrogens with zero attached hydrogens (tertiary/aromatic N) is 1. The summed E-state index contributed by atoms with van der Waals surface area (Å²) < 4.78 is 5.82. The van der Waals surface area contributed by atoms with E-state index in [9.17, 15) is 4.79 Å². The Labute approximate surface area is 180 Å². The van der Waals surface area contributed by atoms with Crippen LogP contribution in [-0.4, -0.2) is 49.4 Å². The zero-order valence-electron chi connectivity index (χ0n) is 15.8. The van der Waals surface area contributed by atoms with Crippen LogP contribution in [0.2, 0.25) is 10.0 Å². The summed E-state index contributed by atoms with van der Waals surface area (Å²) in [6, 6.07) is 13.8. The second kappa shape index (κ2) is 10.5. The van der Waals surface area contributed by atoms with Gasteiger partial charge in [-0.3, -0.25) is 9.69 Å². The van der Waals surface area contributed by atoms with Crippen molar-refractivity contribution in [3.8, 4) is 0 Å². The Bertz CT molecular complexity index is 819. The van der Waals surface area contributed by atoms with Gasteiger partial charge < -0.3 is 10.1 Å². The number of hydrogen-bond acceptors (Lipinski definition) is 4. The van der Waals surface area contributed by atoms with Gasteiger partial charge >= 0.3 is 0 Å². The van der Waals surface area contributed by atoms with E-state index in [1.54, 1.807) is 11.8 Å². The average molecular weight is 439 g/mol. The van der Waals surface area contributed by atoms with Gasteiger partial charge in [-0.25, -0.2) is 0 Å². The van der Waals surface area contributed by atoms with Gasteiger partial charge in [0.05, 0.1) is 29.2 Å². The SMILES string of the molecule is CSc1cccc(CC(=O)NCC2CN(Cc3ccc(Cl)c(Cl)c3)CCO2)c1. The molecular weight excluding hydrogens is 415 g/mol. The minimum absolute atomic E-state index is 0.0157. The number of carbonyl (C=O) groups excluding carboxylic acids is 1. The summed E-state index contributed by atoms with van der Waals surface area (Å²) in [6.45, 7) is 3.57. The third-order valence-electron chi connectivity index (χ3n) is 4.64. The highest BCUT2D eigenvalue weighted by molar-refractivity contribution is 7.98. The summed E-state index contributed by atoms with van der Waals surface area (Å²) in [6.07, 6.45) is 2.40. The van der Waals surface area contributed by atoms with E-state index in [4.69, 9.17) is 27.9 Å². The number of thioether (sulfide) groups is 1. The van der Waals surface area contributed by atoms with Gasteiger partial charge in [-0.2, -0.15) is 0 Å². The molecule has 1 N–H and O–H groups in total. The summed E-state index contributed by atoms with van der Waals surface area (Å²) in [4.78, 5) is 15.8. The van der Waals surface area contributed by atoms with Gasteiger partial charge in [0.25, 0.3) is 0 Å². The first-order valence-corrected chi connectivity index (χ1v) is 11.2. The second-order valence-corrected chi connectivity index (χ2v) is 8.50. The molecule has 1 unspecified atom stereocenters. The normalized spacial score (nSPS) is 17.5. The zero-order chi connectivity index (χ0) is 19.9. The third kappa shape index (κ3) is 6.39. The molecule has 1 atom stereocenters. The highest BCUT2D eigenvalue weighted by Gasteiger charge is 2.21. The summed E-state index contributed by atoms with van der Waals surface area (Å²) in [7, 11) is 0. The lowest BCUT2D eigenvalue weighted by Crippen LogP contribution is -2.47. The highest BCUT2D eigenvalue weighted by atomic mass is 35.5. The van der Waals surface area contributed by atoms with Crippen molar-refractivity contribution in [1.82, 2.24) is 10.2 Å². The number of rotatable bonds is 7. The molecule has 0 bridgehead atoms. The fourth-order valence-corrected chi connectivity index (χ4v) is 4.01. The highest BCUT2D eigenvalue weighted by Crippen LogP contribution is 2.23. The van der Waals surface area contributed by atoms with Crippen molar-refractivity contribution in [3.05, 3.63) is 63.6 Å². The standard InChI is InChI=1S/C21H24Cl2N2O2S/c1-28-18-4-2-3-15(9-18)11-21(26)24-12-17-14-25(7-8-27-17)13-16-5-6-19(22)20(23)10-16/h2-6,9-10,17H,7-8,11-14H2,1H3,(H,24,26). The van der Waals surface area contributed by atoms with Gasteiger partial charge in [0.2, 0.25) is 5.91 Å². The van der Waals surface area contributed by atoms with Crippen molar-refractivity contribution in [2.75, 3.05) is 32.5 Å². The van der Waals surface area contributed by atoms with Gasteiger partial charge in [-0.15, -0.1) is 11.8 Å². The number of hydrogen-bond donors (Lipinski definition) is 1. The van der Waals surface area contributed by atoms with E-state index < -0.39 is 0 Å². The predicted molar refractivity (Wildman–Crippen MR) is 116 cm³/mol. The summed E-state index contributed by atoms with van der Waals surface area (Å²) in [5.74, 6) is 0.0171.